The zero-order valence-electron chi connectivity index (χ0n) is 16.0. The number of anilines is 1. The molecular formula is C22H22N4O2. The molecule has 6 heteroatoms. The van der Waals surface area contributed by atoms with Gasteiger partial charge in [0, 0.05) is 5.69 Å². The molecule has 2 aromatic heterocycles. The molecule has 0 atom stereocenters. The molecule has 28 heavy (non-hydrogen) atoms. The summed E-state index contributed by atoms with van der Waals surface area (Å²) < 4.78 is 7.16. The van der Waals surface area contributed by atoms with Gasteiger partial charge in [0.15, 0.2) is 5.65 Å². The van der Waals surface area contributed by atoms with Gasteiger partial charge in [-0.1, -0.05) is 38.1 Å². The third kappa shape index (κ3) is 2.97. The molecule has 2 aromatic carbocycles. The number of nitrogen functional groups attached to an aromatic ring is 1. The van der Waals surface area contributed by atoms with Crippen molar-refractivity contribution >= 4 is 34.0 Å². The summed E-state index contributed by atoms with van der Waals surface area (Å²) in [4.78, 5) is 22.2. The van der Waals surface area contributed by atoms with Gasteiger partial charge < -0.3 is 10.5 Å². The smallest absolute Gasteiger partial charge is 0.344 e. The second kappa shape index (κ2) is 7.31. The SMILES string of the molecule is CCCOC(=O)c1c(N)n(-c2cccc(CC)c2)c2nc3ccccc3nc12. The van der Waals surface area contributed by atoms with Crippen LogP contribution in [0.3, 0.4) is 0 Å². The van der Waals surface area contributed by atoms with Crippen molar-refractivity contribution in [1.29, 1.82) is 0 Å². The number of esters is 1. The van der Waals surface area contributed by atoms with E-state index in [1.807, 2.05) is 49.4 Å². The number of hydrogen-bond donors (Lipinski definition) is 1. The van der Waals surface area contributed by atoms with Gasteiger partial charge in [0.25, 0.3) is 0 Å². The first kappa shape index (κ1) is 18.0. The highest BCUT2D eigenvalue weighted by atomic mass is 16.5. The lowest BCUT2D eigenvalue weighted by Gasteiger charge is -2.09. The summed E-state index contributed by atoms with van der Waals surface area (Å²) >= 11 is 0. The predicted octanol–water partition coefficient (Wildman–Crippen LogP) is 4.29. The van der Waals surface area contributed by atoms with Gasteiger partial charge in [0.1, 0.15) is 16.9 Å². The van der Waals surface area contributed by atoms with E-state index < -0.39 is 5.97 Å². The van der Waals surface area contributed by atoms with Crippen LogP contribution in [0.2, 0.25) is 0 Å². The Morgan fingerprint density at radius 3 is 2.54 bits per heavy atom. The minimum atomic E-state index is -0.473. The number of para-hydroxylation sites is 2. The zero-order valence-corrected chi connectivity index (χ0v) is 16.0. The number of carbonyl (C=O) groups is 1. The highest BCUT2D eigenvalue weighted by molar-refractivity contribution is 6.09. The first-order chi connectivity index (χ1) is 13.6. The molecular weight excluding hydrogens is 352 g/mol. The Morgan fingerprint density at radius 2 is 1.82 bits per heavy atom. The Balaban J connectivity index is 2.04. The number of ether oxygens (including phenoxy) is 1. The highest BCUT2D eigenvalue weighted by Gasteiger charge is 2.25. The molecule has 0 amide bonds. The van der Waals surface area contributed by atoms with Gasteiger partial charge in [0.05, 0.1) is 17.6 Å². The largest absolute Gasteiger partial charge is 0.462 e. The van der Waals surface area contributed by atoms with Crippen molar-refractivity contribution in [1.82, 2.24) is 14.5 Å². The lowest BCUT2D eigenvalue weighted by Crippen LogP contribution is -2.10. The molecule has 0 fully saturated rings. The van der Waals surface area contributed by atoms with E-state index in [0.717, 1.165) is 24.0 Å². The number of rotatable bonds is 5. The van der Waals surface area contributed by atoms with Crippen LogP contribution in [-0.2, 0) is 11.2 Å². The third-order valence-corrected chi connectivity index (χ3v) is 4.72. The predicted molar refractivity (Wildman–Crippen MR) is 111 cm³/mol. The molecule has 4 aromatic rings. The van der Waals surface area contributed by atoms with Gasteiger partial charge in [-0.3, -0.25) is 4.57 Å². The van der Waals surface area contributed by atoms with Crippen LogP contribution in [0.25, 0.3) is 27.9 Å². The van der Waals surface area contributed by atoms with Crippen LogP contribution >= 0.6 is 0 Å². The van der Waals surface area contributed by atoms with Gasteiger partial charge in [-0.15, -0.1) is 0 Å². The molecule has 6 nitrogen and oxygen atoms in total. The molecule has 0 saturated heterocycles. The second-order valence-corrected chi connectivity index (χ2v) is 6.64. The second-order valence-electron chi connectivity index (χ2n) is 6.64. The van der Waals surface area contributed by atoms with Crippen LogP contribution in [0.5, 0.6) is 0 Å². The van der Waals surface area contributed by atoms with Gasteiger partial charge in [-0.2, -0.15) is 0 Å². The van der Waals surface area contributed by atoms with E-state index in [1.165, 1.54) is 5.56 Å². The number of nitrogens with two attached hydrogens (primary N) is 1. The van der Waals surface area contributed by atoms with E-state index in [1.54, 1.807) is 4.57 Å². The number of carbonyl (C=O) groups excluding carboxylic acids is 1. The maximum absolute atomic E-state index is 12.8. The fourth-order valence-electron chi connectivity index (χ4n) is 3.31. The molecule has 4 rings (SSSR count). The normalized spacial score (nSPS) is 11.2. The van der Waals surface area contributed by atoms with Gasteiger partial charge >= 0.3 is 5.97 Å². The van der Waals surface area contributed by atoms with Gasteiger partial charge in [-0.25, -0.2) is 14.8 Å². The first-order valence-electron chi connectivity index (χ1n) is 9.47. The average Bonchev–Trinajstić information content (AvgIpc) is 3.01. The monoisotopic (exact) mass is 374 g/mol. The summed E-state index contributed by atoms with van der Waals surface area (Å²) in [6.07, 6.45) is 1.63. The van der Waals surface area contributed by atoms with E-state index >= 15 is 0 Å². The minimum Gasteiger partial charge on any atom is -0.462 e. The quantitative estimate of drug-likeness (QED) is 0.527. The van der Waals surface area contributed by atoms with Crippen molar-refractivity contribution in [3.05, 3.63) is 59.7 Å². The molecule has 2 heterocycles. The summed E-state index contributed by atoms with van der Waals surface area (Å²) in [5.74, 6) is -0.181. The molecule has 0 radical (unpaired) electrons. The van der Waals surface area contributed by atoms with Crippen LogP contribution in [0.1, 0.15) is 36.2 Å². The van der Waals surface area contributed by atoms with Crippen LogP contribution in [0, 0.1) is 0 Å². The van der Waals surface area contributed by atoms with Crippen LogP contribution in [0.15, 0.2) is 48.5 Å². The lowest BCUT2D eigenvalue weighted by molar-refractivity contribution is 0.0508. The first-order valence-corrected chi connectivity index (χ1v) is 9.47. The van der Waals surface area contributed by atoms with Crippen molar-refractivity contribution < 1.29 is 9.53 Å². The summed E-state index contributed by atoms with van der Waals surface area (Å²) in [5.41, 5.74) is 11.2. The Kier molecular flexibility index (Phi) is 4.69. The third-order valence-electron chi connectivity index (χ3n) is 4.72. The average molecular weight is 374 g/mol. The molecule has 142 valence electrons. The van der Waals surface area contributed by atoms with Crippen molar-refractivity contribution in [3.63, 3.8) is 0 Å². The molecule has 2 N–H and O–H groups in total. The number of aromatic nitrogens is 3. The standard InChI is InChI=1S/C22H22N4O2/c1-3-12-28-22(27)18-19-21(25-17-11-6-5-10-16(17)24-19)26(20(18)23)15-9-7-8-14(4-2)13-15/h5-11,13H,3-4,12,23H2,1-2H3. The topological polar surface area (TPSA) is 83.0 Å². The minimum absolute atomic E-state index is 0.267. The number of nitrogens with zero attached hydrogens (tertiary/aromatic N) is 3. The number of hydrogen-bond acceptors (Lipinski definition) is 5. The number of aryl methyl sites for hydroxylation is 1. The van der Waals surface area contributed by atoms with E-state index in [4.69, 9.17) is 20.4 Å². The zero-order chi connectivity index (χ0) is 19.7. The Hall–Kier alpha value is -3.41. The van der Waals surface area contributed by atoms with Crippen molar-refractivity contribution in [2.75, 3.05) is 12.3 Å². The summed E-state index contributed by atoms with van der Waals surface area (Å²) in [7, 11) is 0. The molecule has 0 unspecified atom stereocenters. The summed E-state index contributed by atoms with van der Waals surface area (Å²) in [5, 5.41) is 0. The van der Waals surface area contributed by atoms with Crippen LogP contribution in [0.4, 0.5) is 5.82 Å². The highest BCUT2D eigenvalue weighted by Crippen LogP contribution is 2.31. The van der Waals surface area contributed by atoms with Crippen LogP contribution in [-0.4, -0.2) is 27.1 Å². The maximum Gasteiger partial charge on any atom is 0.344 e. The van der Waals surface area contributed by atoms with Crippen molar-refractivity contribution in [2.24, 2.45) is 0 Å². The Labute approximate surface area is 163 Å². The number of benzene rings is 2. The summed E-state index contributed by atoms with van der Waals surface area (Å²) in [6, 6.07) is 15.6. The maximum atomic E-state index is 12.8. The van der Waals surface area contributed by atoms with E-state index in [2.05, 4.69) is 13.0 Å². The molecule has 0 aliphatic heterocycles. The van der Waals surface area contributed by atoms with Crippen LogP contribution < -0.4 is 5.73 Å². The van der Waals surface area contributed by atoms with Gasteiger partial charge in [-0.05, 0) is 42.7 Å². The number of fused-ring (bicyclic) bond motifs is 2. The van der Waals surface area contributed by atoms with Crippen molar-refractivity contribution in [3.8, 4) is 5.69 Å². The molecule has 0 spiro atoms. The van der Waals surface area contributed by atoms with Gasteiger partial charge in [0.2, 0.25) is 0 Å². The van der Waals surface area contributed by atoms with E-state index in [0.29, 0.717) is 29.1 Å². The Bertz CT molecular complexity index is 1180. The van der Waals surface area contributed by atoms with Crippen molar-refractivity contribution in [2.45, 2.75) is 26.7 Å². The Morgan fingerprint density at radius 1 is 1.07 bits per heavy atom. The molecule has 0 bridgehead atoms. The fourth-order valence-corrected chi connectivity index (χ4v) is 3.31. The molecule has 0 aliphatic carbocycles. The van der Waals surface area contributed by atoms with E-state index in [9.17, 15) is 4.79 Å². The summed E-state index contributed by atoms with van der Waals surface area (Å²) in [6.45, 7) is 4.37. The molecule has 0 saturated carbocycles. The fraction of sp³-hybridized carbons (Fsp3) is 0.227. The molecule has 0 aliphatic rings. The lowest BCUT2D eigenvalue weighted by atomic mass is 10.1. The van der Waals surface area contributed by atoms with E-state index in [-0.39, 0.29) is 5.56 Å².